The Hall–Kier alpha value is -2.95. The van der Waals surface area contributed by atoms with Crippen LogP contribution in [0.2, 0.25) is 0 Å². The van der Waals surface area contributed by atoms with Gasteiger partial charge in [-0.15, -0.1) is 0 Å². The highest BCUT2D eigenvalue weighted by Crippen LogP contribution is 2.55. The molecule has 1 saturated carbocycles. The van der Waals surface area contributed by atoms with Gasteiger partial charge in [-0.1, -0.05) is 36.4 Å². The van der Waals surface area contributed by atoms with Crippen LogP contribution in [0.15, 0.2) is 65.6 Å². The van der Waals surface area contributed by atoms with Crippen LogP contribution < -0.4 is 10.4 Å². The second-order valence-electron chi connectivity index (χ2n) is 9.74. The van der Waals surface area contributed by atoms with Gasteiger partial charge in [-0.05, 0) is 48.9 Å². The average molecular weight is 499 g/mol. The molecule has 2 saturated heterocycles. The van der Waals surface area contributed by atoms with Crippen LogP contribution in [-0.4, -0.2) is 73.4 Å². The molecule has 2 atom stereocenters. The number of benzene rings is 2. The Balaban J connectivity index is 1.44. The minimum Gasteiger partial charge on any atom is -0.368 e. The van der Waals surface area contributed by atoms with Gasteiger partial charge in [-0.2, -0.15) is 4.31 Å². The van der Waals surface area contributed by atoms with Crippen molar-refractivity contribution in [1.29, 1.82) is 0 Å². The quantitative estimate of drug-likeness (QED) is 0.480. The zero-order valence-electron chi connectivity index (χ0n) is 19.4. The van der Waals surface area contributed by atoms with Gasteiger partial charge in [0.1, 0.15) is 6.04 Å². The van der Waals surface area contributed by atoms with Crippen molar-refractivity contribution in [2.75, 3.05) is 37.6 Å². The number of carbonyl (C=O) groups excluding carboxylic acids is 2. The maximum absolute atomic E-state index is 13.9. The van der Waals surface area contributed by atoms with Gasteiger partial charge >= 0.3 is 0 Å². The van der Waals surface area contributed by atoms with E-state index in [0.717, 1.165) is 18.5 Å². The molecule has 1 aliphatic carbocycles. The lowest BCUT2D eigenvalue weighted by molar-refractivity contribution is -0.148. The van der Waals surface area contributed by atoms with Crippen molar-refractivity contribution in [2.24, 2.45) is 11.3 Å². The van der Waals surface area contributed by atoms with Crippen LogP contribution in [0.1, 0.15) is 19.3 Å². The van der Waals surface area contributed by atoms with Crippen molar-refractivity contribution in [3.8, 4) is 0 Å². The van der Waals surface area contributed by atoms with Crippen LogP contribution in [0.25, 0.3) is 0 Å². The maximum Gasteiger partial charge on any atom is 0.248 e. The van der Waals surface area contributed by atoms with Crippen molar-refractivity contribution >= 4 is 27.5 Å². The summed E-state index contributed by atoms with van der Waals surface area (Å²) in [5, 5.41) is 9.46. The van der Waals surface area contributed by atoms with Gasteiger partial charge in [0.05, 0.1) is 10.8 Å². The summed E-state index contributed by atoms with van der Waals surface area (Å²) >= 11 is 0. The van der Waals surface area contributed by atoms with E-state index in [-0.39, 0.29) is 22.8 Å². The molecule has 10 heteroatoms. The summed E-state index contributed by atoms with van der Waals surface area (Å²) in [7, 11) is -4.04. The first-order valence-electron chi connectivity index (χ1n) is 11.9. The molecule has 5 rings (SSSR count). The van der Waals surface area contributed by atoms with Crippen LogP contribution >= 0.6 is 0 Å². The number of anilines is 1. The lowest BCUT2D eigenvalue weighted by Gasteiger charge is -2.45. The predicted octanol–water partition coefficient (Wildman–Crippen LogP) is 1.70. The Morgan fingerprint density at radius 2 is 1.51 bits per heavy atom. The van der Waals surface area contributed by atoms with Crippen LogP contribution in [0.4, 0.5) is 5.69 Å². The molecule has 3 fully saturated rings. The van der Waals surface area contributed by atoms with Gasteiger partial charge in [-0.3, -0.25) is 14.8 Å². The summed E-state index contributed by atoms with van der Waals surface area (Å²) in [6.45, 7) is 2.24. The van der Waals surface area contributed by atoms with E-state index in [4.69, 9.17) is 0 Å². The normalized spacial score (nSPS) is 24.3. The molecule has 2 heterocycles. The number of hydrogen-bond acceptors (Lipinski definition) is 6. The van der Waals surface area contributed by atoms with Crippen molar-refractivity contribution in [3.05, 3.63) is 60.7 Å². The molecule has 2 aliphatic heterocycles. The van der Waals surface area contributed by atoms with Crippen LogP contribution in [-0.2, 0) is 19.6 Å². The molecule has 35 heavy (non-hydrogen) atoms. The molecule has 3 aliphatic rings. The summed E-state index contributed by atoms with van der Waals surface area (Å²) in [5.41, 5.74) is 2.43. The van der Waals surface area contributed by atoms with Crippen LogP contribution in [0.3, 0.4) is 0 Å². The van der Waals surface area contributed by atoms with Crippen LogP contribution in [0, 0.1) is 11.3 Å². The summed E-state index contributed by atoms with van der Waals surface area (Å²) in [6.07, 6.45) is 1.96. The molecule has 9 nitrogen and oxygen atoms in total. The Kier molecular flexibility index (Phi) is 6.29. The first-order chi connectivity index (χ1) is 16.8. The molecule has 186 valence electrons. The van der Waals surface area contributed by atoms with Gasteiger partial charge in [0.2, 0.25) is 21.8 Å². The topological polar surface area (TPSA) is 110 Å². The molecule has 0 radical (unpaired) electrons. The monoisotopic (exact) mass is 498 g/mol. The molecule has 0 aromatic heterocycles. The molecule has 2 N–H and O–H groups in total. The zero-order valence-corrected chi connectivity index (χ0v) is 20.2. The fraction of sp³-hybridized carbons (Fsp3) is 0.440. The minimum absolute atomic E-state index is 0.0903. The molecular formula is C25H30N4O5S. The second kappa shape index (κ2) is 9.25. The highest BCUT2D eigenvalue weighted by atomic mass is 32.2. The first-order valence-corrected chi connectivity index (χ1v) is 13.4. The number of rotatable bonds is 5. The maximum atomic E-state index is 13.9. The summed E-state index contributed by atoms with van der Waals surface area (Å²) in [6, 6.07) is 16.7. The van der Waals surface area contributed by atoms with Gasteiger partial charge < -0.3 is 9.80 Å². The number of amides is 2. The van der Waals surface area contributed by atoms with Gasteiger partial charge in [-0.25, -0.2) is 13.9 Å². The lowest BCUT2D eigenvalue weighted by Crippen LogP contribution is -2.63. The number of para-hydroxylation sites is 1. The van der Waals surface area contributed by atoms with E-state index in [9.17, 15) is 23.2 Å². The van der Waals surface area contributed by atoms with Gasteiger partial charge in [0.25, 0.3) is 0 Å². The Labute approximate surface area is 205 Å². The second-order valence-corrected chi connectivity index (χ2v) is 11.6. The Bertz CT molecular complexity index is 1180. The fourth-order valence-electron chi connectivity index (χ4n) is 5.40. The number of nitrogens with one attached hydrogen (secondary N) is 1. The molecule has 1 spiro atoms. The third kappa shape index (κ3) is 4.53. The predicted molar refractivity (Wildman–Crippen MR) is 129 cm³/mol. The number of carbonyl (C=O) groups is 2. The number of hydrogen-bond donors (Lipinski definition) is 2. The molecular weight excluding hydrogens is 468 g/mol. The van der Waals surface area contributed by atoms with Crippen molar-refractivity contribution in [2.45, 2.75) is 30.2 Å². The highest BCUT2D eigenvalue weighted by Gasteiger charge is 2.59. The van der Waals surface area contributed by atoms with Crippen molar-refractivity contribution < 1.29 is 23.2 Å². The highest BCUT2D eigenvalue weighted by molar-refractivity contribution is 7.89. The minimum atomic E-state index is -4.04. The summed E-state index contributed by atoms with van der Waals surface area (Å²) in [4.78, 5) is 30.6. The fourth-order valence-corrected chi connectivity index (χ4v) is 7.15. The first kappa shape index (κ1) is 23.8. The van der Waals surface area contributed by atoms with Crippen LogP contribution in [0.5, 0.6) is 0 Å². The number of piperidine rings is 1. The third-order valence-electron chi connectivity index (χ3n) is 7.56. The smallest absolute Gasteiger partial charge is 0.248 e. The Morgan fingerprint density at radius 1 is 0.914 bits per heavy atom. The average Bonchev–Trinajstić information content (AvgIpc) is 3.66. The Morgan fingerprint density at radius 3 is 2.09 bits per heavy atom. The van der Waals surface area contributed by atoms with E-state index in [2.05, 4.69) is 4.90 Å². The van der Waals surface area contributed by atoms with E-state index in [0.29, 0.717) is 32.6 Å². The number of piperazine rings is 1. The standard InChI is InChI=1S/C25H30N4O5S/c30-23(26-32)21-17-25(11-12-25)18-29(35(33,34)20-9-5-2-6-10-20)22(21)24(31)28-15-13-27(14-16-28)19-7-3-1-4-8-19/h1-10,21-22,32H,11-18H2,(H,26,30)/t21-,22-/m0/s1. The van der Waals surface area contributed by atoms with E-state index in [1.54, 1.807) is 28.6 Å². The largest absolute Gasteiger partial charge is 0.368 e. The van der Waals surface area contributed by atoms with Gasteiger partial charge in [0.15, 0.2) is 0 Å². The van der Waals surface area contributed by atoms with E-state index in [1.165, 1.54) is 16.4 Å². The van der Waals surface area contributed by atoms with E-state index >= 15 is 0 Å². The number of nitrogens with zero attached hydrogens (tertiary/aromatic N) is 3. The SMILES string of the molecule is O=C(NO)[C@H]1CC2(CC2)CN(S(=O)(=O)c2ccccc2)[C@@H]1C(=O)N1CCN(c2ccccc2)CC1. The van der Waals surface area contributed by atoms with Gasteiger partial charge in [0, 0.05) is 38.4 Å². The van der Waals surface area contributed by atoms with E-state index in [1.807, 2.05) is 30.3 Å². The number of hydroxylamine groups is 1. The molecule has 2 aromatic rings. The summed E-state index contributed by atoms with van der Waals surface area (Å²) < 4.78 is 28.7. The third-order valence-corrected chi connectivity index (χ3v) is 9.40. The van der Waals surface area contributed by atoms with Crippen molar-refractivity contribution in [1.82, 2.24) is 14.7 Å². The molecule has 0 bridgehead atoms. The molecule has 2 amide bonds. The summed E-state index contributed by atoms with van der Waals surface area (Å²) in [5.74, 6) is -2.07. The number of sulfonamides is 1. The molecule has 2 aromatic carbocycles. The molecule has 0 unspecified atom stereocenters. The zero-order chi connectivity index (χ0) is 24.6. The lowest BCUT2D eigenvalue weighted by atomic mass is 9.81. The van der Waals surface area contributed by atoms with Crippen molar-refractivity contribution in [3.63, 3.8) is 0 Å². The van der Waals surface area contributed by atoms with E-state index < -0.39 is 27.9 Å².